The zero-order chi connectivity index (χ0) is 13.1. The van der Waals surface area contributed by atoms with Crippen LogP contribution >= 0.6 is 0 Å². The lowest BCUT2D eigenvalue weighted by Crippen LogP contribution is -2.11. The molecule has 2 aromatic rings. The molecule has 2 nitrogen and oxygen atoms in total. The van der Waals surface area contributed by atoms with Crippen molar-refractivity contribution in [2.45, 2.75) is 19.9 Å². The first kappa shape index (κ1) is 12.2. The summed E-state index contributed by atoms with van der Waals surface area (Å²) in [6.45, 7) is 4.85. The van der Waals surface area contributed by atoms with Crippen LogP contribution < -0.4 is 10.1 Å². The predicted molar refractivity (Wildman–Crippen MR) is 78.5 cm³/mol. The van der Waals surface area contributed by atoms with Gasteiger partial charge in [-0.05, 0) is 29.3 Å². The average Bonchev–Trinajstić information content (AvgIpc) is 2.93. The molecule has 0 saturated heterocycles. The van der Waals surface area contributed by atoms with Gasteiger partial charge >= 0.3 is 0 Å². The molecule has 2 aromatic carbocycles. The van der Waals surface area contributed by atoms with E-state index in [1.807, 2.05) is 0 Å². The van der Waals surface area contributed by atoms with Gasteiger partial charge in [0.2, 0.25) is 0 Å². The van der Waals surface area contributed by atoms with E-state index >= 15 is 0 Å². The second-order valence-electron chi connectivity index (χ2n) is 4.87. The average molecular weight is 253 g/mol. The summed E-state index contributed by atoms with van der Waals surface area (Å²) in [5, 5.41) is 3.36. The highest BCUT2D eigenvalue weighted by Crippen LogP contribution is 2.36. The van der Waals surface area contributed by atoms with Gasteiger partial charge in [0.05, 0.1) is 6.61 Å². The van der Waals surface area contributed by atoms with E-state index in [0.717, 1.165) is 31.9 Å². The van der Waals surface area contributed by atoms with Gasteiger partial charge in [0.25, 0.3) is 0 Å². The Bertz CT molecular complexity index is 577. The van der Waals surface area contributed by atoms with Gasteiger partial charge in [0, 0.05) is 18.5 Å². The molecule has 2 heteroatoms. The fourth-order valence-corrected chi connectivity index (χ4v) is 2.56. The molecule has 19 heavy (non-hydrogen) atoms. The summed E-state index contributed by atoms with van der Waals surface area (Å²) in [5.41, 5.74) is 5.10. The van der Waals surface area contributed by atoms with Crippen LogP contribution in [-0.2, 0) is 13.0 Å². The Morgan fingerprint density at radius 1 is 1.16 bits per heavy atom. The van der Waals surface area contributed by atoms with Crippen molar-refractivity contribution in [1.29, 1.82) is 0 Å². The van der Waals surface area contributed by atoms with E-state index in [4.69, 9.17) is 4.74 Å². The molecular formula is C17H19NO. The highest BCUT2D eigenvalue weighted by atomic mass is 16.5. The first-order valence-electron chi connectivity index (χ1n) is 6.93. The van der Waals surface area contributed by atoms with Gasteiger partial charge in [-0.3, -0.25) is 0 Å². The SMILES string of the molecule is CCNCc1cccc(-c2cccc3c2OCC3)c1. The third-order valence-corrected chi connectivity index (χ3v) is 3.53. The number of hydrogen-bond acceptors (Lipinski definition) is 2. The van der Waals surface area contributed by atoms with Crippen LogP contribution in [0.25, 0.3) is 11.1 Å². The summed E-state index contributed by atoms with van der Waals surface area (Å²) in [4.78, 5) is 0. The first-order chi connectivity index (χ1) is 9.38. The molecule has 0 saturated carbocycles. The summed E-state index contributed by atoms with van der Waals surface area (Å²) in [6, 6.07) is 15.1. The maximum Gasteiger partial charge on any atom is 0.130 e. The Hall–Kier alpha value is -1.80. The molecule has 0 fully saturated rings. The standard InChI is InChI=1S/C17H19NO/c1-2-18-12-13-5-3-7-15(11-13)16-8-4-6-14-9-10-19-17(14)16/h3-8,11,18H,2,9-10,12H2,1H3. The highest BCUT2D eigenvalue weighted by molar-refractivity contribution is 5.73. The Kier molecular flexibility index (Phi) is 3.51. The van der Waals surface area contributed by atoms with Crippen LogP contribution in [0.3, 0.4) is 0 Å². The molecule has 0 unspecified atom stereocenters. The van der Waals surface area contributed by atoms with Crippen LogP contribution in [0.15, 0.2) is 42.5 Å². The van der Waals surface area contributed by atoms with Crippen LogP contribution in [0.1, 0.15) is 18.1 Å². The van der Waals surface area contributed by atoms with Gasteiger partial charge in [-0.1, -0.05) is 43.3 Å². The minimum Gasteiger partial charge on any atom is -0.492 e. The molecule has 1 N–H and O–H groups in total. The van der Waals surface area contributed by atoms with Crippen molar-refractivity contribution < 1.29 is 4.74 Å². The van der Waals surface area contributed by atoms with E-state index in [0.29, 0.717) is 0 Å². The first-order valence-corrected chi connectivity index (χ1v) is 6.93. The fourth-order valence-electron chi connectivity index (χ4n) is 2.56. The minimum absolute atomic E-state index is 0.809. The summed E-state index contributed by atoms with van der Waals surface area (Å²) in [5.74, 6) is 1.07. The second-order valence-corrected chi connectivity index (χ2v) is 4.87. The summed E-state index contributed by atoms with van der Waals surface area (Å²) < 4.78 is 5.79. The molecule has 0 spiro atoms. The normalized spacial score (nSPS) is 13.1. The van der Waals surface area contributed by atoms with Gasteiger partial charge < -0.3 is 10.1 Å². The second kappa shape index (κ2) is 5.45. The van der Waals surface area contributed by atoms with Crippen LogP contribution in [0, 0.1) is 0 Å². The molecule has 0 amide bonds. The molecule has 98 valence electrons. The number of fused-ring (bicyclic) bond motifs is 1. The maximum absolute atomic E-state index is 5.79. The van der Waals surface area contributed by atoms with Crippen molar-refractivity contribution >= 4 is 0 Å². The Labute approximate surface area is 114 Å². The van der Waals surface area contributed by atoms with Crippen LogP contribution in [0.5, 0.6) is 5.75 Å². The number of para-hydroxylation sites is 1. The lowest BCUT2D eigenvalue weighted by Gasteiger charge is -2.10. The van der Waals surface area contributed by atoms with Crippen LogP contribution in [0.4, 0.5) is 0 Å². The van der Waals surface area contributed by atoms with Crippen molar-refractivity contribution in [3.8, 4) is 16.9 Å². The minimum atomic E-state index is 0.809. The van der Waals surface area contributed by atoms with Gasteiger partial charge in [-0.2, -0.15) is 0 Å². The van der Waals surface area contributed by atoms with Gasteiger partial charge in [0.15, 0.2) is 0 Å². The third kappa shape index (κ3) is 2.49. The van der Waals surface area contributed by atoms with Crippen molar-refractivity contribution in [2.24, 2.45) is 0 Å². The van der Waals surface area contributed by atoms with E-state index in [9.17, 15) is 0 Å². The lowest BCUT2D eigenvalue weighted by molar-refractivity contribution is 0.358. The van der Waals surface area contributed by atoms with E-state index in [1.165, 1.54) is 22.3 Å². The number of hydrogen-bond donors (Lipinski definition) is 1. The molecule has 1 aliphatic heterocycles. The number of rotatable bonds is 4. The number of benzene rings is 2. The zero-order valence-corrected chi connectivity index (χ0v) is 11.3. The van der Waals surface area contributed by atoms with Crippen molar-refractivity contribution in [1.82, 2.24) is 5.32 Å². The molecule has 0 atom stereocenters. The molecule has 0 radical (unpaired) electrons. The molecule has 1 aliphatic rings. The quantitative estimate of drug-likeness (QED) is 0.901. The summed E-state index contributed by atoms with van der Waals surface area (Å²) >= 11 is 0. The highest BCUT2D eigenvalue weighted by Gasteiger charge is 2.16. The van der Waals surface area contributed by atoms with Crippen molar-refractivity contribution in [2.75, 3.05) is 13.2 Å². The monoisotopic (exact) mass is 253 g/mol. The molecule has 1 heterocycles. The Balaban J connectivity index is 1.96. The summed E-state index contributed by atoms with van der Waals surface area (Å²) in [7, 11) is 0. The smallest absolute Gasteiger partial charge is 0.130 e. The molecule has 0 aliphatic carbocycles. The van der Waals surface area contributed by atoms with Crippen molar-refractivity contribution in [3.05, 3.63) is 53.6 Å². The van der Waals surface area contributed by atoms with Crippen LogP contribution in [-0.4, -0.2) is 13.2 Å². The van der Waals surface area contributed by atoms with E-state index in [2.05, 4.69) is 54.7 Å². The number of nitrogens with one attached hydrogen (secondary N) is 1. The van der Waals surface area contributed by atoms with Gasteiger partial charge in [0.1, 0.15) is 5.75 Å². The Morgan fingerprint density at radius 2 is 2.05 bits per heavy atom. The fraction of sp³-hybridized carbons (Fsp3) is 0.294. The van der Waals surface area contributed by atoms with Gasteiger partial charge in [-0.25, -0.2) is 0 Å². The largest absolute Gasteiger partial charge is 0.492 e. The predicted octanol–water partition coefficient (Wildman–Crippen LogP) is 3.40. The lowest BCUT2D eigenvalue weighted by atomic mass is 9.99. The maximum atomic E-state index is 5.79. The molecule has 0 aromatic heterocycles. The van der Waals surface area contributed by atoms with Crippen molar-refractivity contribution in [3.63, 3.8) is 0 Å². The Morgan fingerprint density at radius 3 is 2.95 bits per heavy atom. The topological polar surface area (TPSA) is 21.3 Å². The van der Waals surface area contributed by atoms with Gasteiger partial charge in [-0.15, -0.1) is 0 Å². The summed E-state index contributed by atoms with van der Waals surface area (Å²) in [6.07, 6.45) is 1.03. The van der Waals surface area contributed by atoms with E-state index in [1.54, 1.807) is 0 Å². The molecule has 3 rings (SSSR count). The molecular weight excluding hydrogens is 234 g/mol. The van der Waals surface area contributed by atoms with Crippen LogP contribution in [0.2, 0.25) is 0 Å². The van der Waals surface area contributed by atoms with E-state index in [-0.39, 0.29) is 0 Å². The molecule has 0 bridgehead atoms. The van der Waals surface area contributed by atoms with E-state index < -0.39 is 0 Å². The zero-order valence-electron chi connectivity index (χ0n) is 11.3. The number of ether oxygens (including phenoxy) is 1. The third-order valence-electron chi connectivity index (χ3n) is 3.53.